The van der Waals surface area contributed by atoms with E-state index in [-0.39, 0.29) is 0 Å². The predicted octanol–water partition coefficient (Wildman–Crippen LogP) is 0.616. The molecule has 1 aromatic carbocycles. The third-order valence-corrected chi connectivity index (χ3v) is 2.56. The first kappa shape index (κ1) is 13.8. The summed E-state index contributed by atoms with van der Waals surface area (Å²) in [7, 11) is 2.85. The maximum absolute atomic E-state index is 11.5. The second kappa shape index (κ2) is 6.50. The number of aromatic amines is 1. The van der Waals surface area contributed by atoms with Gasteiger partial charge in [0.15, 0.2) is 17.3 Å². The summed E-state index contributed by atoms with van der Waals surface area (Å²) in [5.41, 5.74) is 0.392. The first-order valence-corrected chi connectivity index (χ1v) is 5.86. The van der Waals surface area contributed by atoms with E-state index in [0.717, 1.165) is 0 Å². The minimum Gasteiger partial charge on any atom is -0.493 e. The van der Waals surface area contributed by atoms with Gasteiger partial charge in [-0.1, -0.05) is 5.21 Å². The van der Waals surface area contributed by atoms with E-state index in [1.807, 2.05) is 0 Å². The average Bonchev–Trinajstić information content (AvgIpc) is 2.99. The second-order valence-corrected chi connectivity index (χ2v) is 3.78. The van der Waals surface area contributed by atoms with Crippen LogP contribution in [0, 0.1) is 0 Å². The number of aromatic nitrogens is 4. The largest absolute Gasteiger partial charge is 0.493 e. The molecule has 1 heterocycles. The van der Waals surface area contributed by atoms with E-state index in [9.17, 15) is 4.79 Å². The van der Waals surface area contributed by atoms with Crippen LogP contribution in [0.2, 0.25) is 0 Å². The van der Waals surface area contributed by atoms with Gasteiger partial charge in [0.2, 0.25) is 0 Å². The van der Waals surface area contributed by atoms with E-state index in [1.54, 1.807) is 18.2 Å². The van der Waals surface area contributed by atoms with Crippen molar-refractivity contribution in [3.05, 3.63) is 29.6 Å². The molecule has 0 bridgehead atoms. The maximum Gasteiger partial charge on any atom is 0.337 e. The lowest BCUT2D eigenvalue weighted by Crippen LogP contribution is -2.06. The molecule has 106 valence electrons. The van der Waals surface area contributed by atoms with E-state index in [2.05, 4.69) is 25.4 Å². The van der Waals surface area contributed by atoms with Gasteiger partial charge >= 0.3 is 5.97 Å². The van der Waals surface area contributed by atoms with Crippen LogP contribution < -0.4 is 9.47 Å². The van der Waals surface area contributed by atoms with Gasteiger partial charge in [-0.05, 0) is 18.2 Å². The third-order valence-electron chi connectivity index (χ3n) is 2.56. The molecule has 0 amide bonds. The molecule has 0 fully saturated rings. The molecule has 0 saturated heterocycles. The molecule has 1 N–H and O–H groups in total. The lowest BCUT2D eigenvalue weighted by atomic mass is 10.2. The molecule has 0 atom stereocenters. The van der Waals surface area contributed by atoms with Gasteiger partial charge in [0.25, 0.3) is 0 Å². The molecule has 0 aliphatic heterocycles. The van der Waals surface area contributed by atoms with Crippen molar-refractivity contribution in [3.63, 3.8) is 0 Å². The van der Waals surface area contributed by atoms with Gasteiger partial charge in [-0.25, -0.2) is 4.79 Å². The third kappa shape index (κ3) is 3.22. The van der Waals surface area contributed by atoms with Crippen LogP contribution in [0.15, 0.2) is 18.2 Å². The highest BCUT2D eigenvalue weighted by atomic mass is 16.5. The lowest BCUT2D eigenvalue weighted by molar-refractivity contribution is 0.0600. The molecule has 1 aromatic heterocycles. The molecule has 0 aliphatic carbocycles. The van der Waals surface area contributed by atoms with E-state index in [1.165, 1.54) is 14.2 Å². The number of tetrazole rings is 1. The van der Waals surface area contributed by atoms with Crippen molar-refractivity contribution in [1.82, 2.24) is 20.6 Å². The van der Waals surface area contributed by atoms with Gasteiger partial charge < -0.3 is 14.2 Å². The van der Waals surface area contributed by atoms with E-state index in [4.69, 9.17) is 9.47 Å². The number of hydrogen-bond acceptors (Lipinski definition) is 7. The highest BCUT2D eigenvalue weighted by Crippen LogP contribution is 2.28. The summed E-state index contributed by atoms with van der Waals surface area (Å²) in [5, 5.41) is 13.4. The Bertz CT molecular complexity index is 571. The smallest absolute Gasteiger partial charge is 0.337 e. The van der Waals surface area contributed by atoms with Crippen molar-refractivity contribution in [1.29, 1.82) is 0 Å². The van der Waals surface area contributed by atoms with Gasteiger partial charge in [-0.2, -0.15) is 5.21 Å². The van der Waals surface area contributed by atoms with Crippen molar-refractivity contribution < 1.29 is 19.0 Å². The topological polar surface area (TPSA) is 99.2 Å². The molecule has 8 nitrogen and oxygen atoms in total. The molecular weight excluding hydrogens is 264 g/mol. The van der Waals surface area contributed by atoms with E-state index < -0.39 is 5.97 Å². The van der Waals surface area contributed by atoms with Gasteiger partial charge in [-0.15, -0.1) is 10.2 Å². The number of H-pyrrole nitrogens is 1. The molecule has 0 aliphatic rings. The Hall–Kier alpha value is -2.64. The van der Waals surface area contributed by atoms with Crippen LogP contribution in [-0.2, 0) is 11.2 Å². The van der Waals surface area contributed by atoms with Crippen molar-refractivity contribution in [2.75, 3.05) is 20.8 Å². The summed E-state index contributed by atoms with van der Waals surface area (Å²) >= 11 is 0. The Kier molecular flexibility index (Phi) is 4.48. The standard InChI is InChI=1S/C12H14N4O4/c1-18-9-4-3-8(12(17)19-2)7-10(9)20-6-5-11-13-15-16-14-11/h3-4,7H,5-6H2,1-2H3,(H,13,14,15,16). The predicted molar refractivity (Wildman–Crippen MR) is 67.7 cm³/mol. The van der Waals surface area contributed by atoms with Crippen molar-refractivity contribution >= 4 is 5.97 Å². The van der Waals surface area contributed by atoms with Crippen LogP contribution in [0.5, 0.6) is 11.5 Å². The quantitative estimate of drug-likeness (QED) is 0.773. The fraction of sp³-hybridized carbons (Fsp3) is 0.333. The first-order valence-electron chi connectivity index (χ1n) is 5.86. The summed E-state index contributed by atoms with van der Waals surface area (Å²) in [6.07, 6.45) is 0.488. The Morgan fingerprint density at radius 2 is 2.15 bits per heavy atom. The second-order valence-electron chi connectivity index (χ2n) is 3.78. The molecule has 0 saturated carbocycles. The number of nitrogens with one attached hydrogen (secondary N) is 1. The fourth-order valence-corrected chi connectivity index (χ4v) is 1.58. The average molecular weight is 278 g/mol. The SMILES string of the molecule is COC(=O)c1ccc(OC)c(OCCc2nn[nH]n2)c1. The lowest BCUT2D eigenvalue weighted by Gasteiger charge is -2.11. The Morgan fingerprint density at radius 1 is 1.30 bits per heavy atom. The number of rotatable bonds is 6. The Labute approximate surface area is 115 Å². The number of carbonyl (C=O) groups excluding carboxylic acids is 1. The van der Waals surface area contributed by atoms with Crippen LogP contribution in [-0.4, -0.2) is 47.4 Å². The van der Waals surface area contributed by atoms with Crippen LogP contribution in [0.3, 0.4) is 0 Å². The zero-order valence-electron chi connectivity index (χ0n) is 11.1. The number of benzene rings is 1. The van der Waals surface area contributed by atoms with Crippen LogP contribution in [0.1, 0.15) is 16.2 Å². The first-order chi connectivity index (χ1) is 9.74. The van der Waals surface area contributed by atoms with Crippen LogP contribution >= 0.6 is 0 Å². The summed E-state index contributed by atoms with van der Waals surface area (Å²) in [6, 6.07) is 4.83. The van der Waals surface area contributed by atoms with Crippen LogP contribution in [0.4, 0.5) is 0 Å². The Balaban J connectivity index is 2.06. The molecule has 0 spiro atoms. The molecule has 2 aromatic rings. The van der Waals surface area contributed by atoms with Gasteiger partial charge in [-0.3, -0.25) is 0 Å². The van der Waals surface area contributed by atoms with Gasteiger partial charge in [0.1, 0.15) is 0 Å². The zero-order valence-corrected chi connectivity index (χ0v) is 11.1. The summed E-state index contributed by atoms with van der Waals surface area (Å²) in [6.45, 7) is 0.334. The molecular formula is C12H14N4O4. The molecule has 0 unspecified atom stereocenters. The Morgan fingerprint density at radius 3 is 2.80 bits per heavy atom. The molecule has 20 heavy (non-hydrogen) atoms. The molecule has 0 radical (unpaired) electrons. The number of hydrogen-bond donors (Lipinski definition) is 1. The number of nitrogens with zero attached hydrogens (tertiary/aromatic N) is 3. The van der Waals surface area contributed by atoms with E-state index in [0.29, 0.717) is 35.9 Å². The minimum atomic E-state index is -0.435. The van der Waals surface area contributed by atoms with Gasteiger partial charge in [0.05, 0.1) is 26.4 Å². The zero-order chi connectivity index (χ0) is 14.4. The number of esters is 1. The monoisotopic (exact) mass is 278 g/mol. The summed E-state index contributed by atoms with van der Waals surface area (Å²) < 4.78 is 15.4. The summed E-state index contributed by atoms with van der Waals surface area (Å²) in [4.78, 5) is 11.5. The van der Waals surface area contributed by atoms with Crippen molar-refractivity contribution in [2.24, 2.45) is 0 Å². The number of ether oxygens (including phenoxy) is 3. The highest BCUT2D eigenvalue weighted by Gasteiger charge is 2.11. The van der Waals surface area contributed by atoms with Crippen molar-refractivity contribution in [2.45, 2.75) is 6.42 Å². The molecule has 2 rings (SSSR count). The normalized spacial score (nSPS) is 10.1. The van der Waals surface area contributed by atoms with Gasteiger partial charge in [0, 0.05) is 6.42 Å². The number of methoxy groups -OCH3 is 2. The maximum atomic E-state index is 11.5. The summed E-state index contributed by atoms with van der Waals surface area (Å²) in [5.74, 6) is 1.11. The fourth-order valence-electron chi connectivity index (χ4n) is 1.58. The van der Waals surface area contributed by atoms with E-state index >= 15 is 0 Å². The van der Waals surface area contributed by atoms with Crippen molar-refractivity contribution in [3.8, 4) is 11.5 Å². The number of carbonyl (C=O) groups is 1. The van der Waals surface area contributed by atoms with Crippen LogP contribution in [0.25, 0.3) is 0 Å². The molecule has 8 heteroatoms. The highest BCUT2D eigenvalue weighted by molar-refractivity contribution is 5.90. The minimum absolute atomic E-state index is 0.334.